The van der Waals surface area contributed by atoms with Gasteiger partial charge in [0, 0.05) is 19.6 Å². The van der Waals surface area contributed by atoms with Crippen LogP contribution in [0.15, 0.2) is 30.3 Å². The Morgan fingerprint density at radius 2 is 2.10 bits per heavy atom. The van der Waals surface area contributed by atoms with Crippen molar-refractivity contribution in [3.63, 3.8) is 0 Å². The molecule has 1 fully saturated rings. The standard InChI is InChI=1S/C18H27NO2/c1-4-5-11-18(17(20)21-3)14-19(12-15(18)2)13-16-9-7-6-8-10-16/h6-10,15H,4-5,11-14H2,1-3H3/t15?,18-/m0/s1. The first kappa shape index (κ1) is 16.0. The van der Waals surface area contributed by atoms with E-state index in [2.05, 4.69) is 43.0 Å². The number of esters is 1. The molecule has 0 amide bonds. The predicted octanol–water partition coefficient (Wildman–Crippen LogP) is 3.49. The van der Waals surface area contributed by atoms with Crippen LogP contribution in [0.4, 0.5) is 0 Å². The lowest BCUT2D eigenvalue weighted by atomic mass is 9.75. The fourth-order valence-electron chi connectivity index (χ4n) is 3.53. The van der Waals surface area contributed by atoms with Crippen LogP contribution in [0.3, 0.4) is 0 Å². The molecule has 0 aromatic heterocycles. The van der Waals surface area contributed by atoms with Gasteiger partial charge in [0.15, 0.2) is 0 Å². The SMILES string of the molecule is CCCC[C@]1(C(=O)OC)CN(Cc2ccccc2)CC1C. The Hall–Kier alpha value is -1.35. The van der Waals surface area contributed by atoms with Gasteiger partial charge in [0.25, 0.3) is 0 Å². The zero-order valence-electron chi connectivity index (χ0n) is 13.5. The summed E-state index contributed by atoms with van der Waals surface area (Å²) in [6.07, 6.45) is 3.13. The van der Waals surface area contributed by atoms with Crippen molar-refractivity contribution in [1.29, 1.82) is 0 Å². The second-order valence-corrected chi connectivity index (χ2v) is 6.31. The first-order chi connectivity index (χ1) is 10.1. The molecular weight excluding hydrogens is 262 g/mol. The molecule has 1 aliphatic rings. The third-order valence-electron chi connectivity index (χ3n) is 4.80. The van der Waals surface area contributed by atoms with Crippen LogP contribution >= 0.6 is 0 Å². The lowest BCUT2D eigenvalue weighted by Gasteiger charge is -2.30. The fraction of sp³-hybridized carbons (Fsp3) is 0.611. The van der Waals surface area contributed by atoms with Gasteiger partial charge in [0.2, 0.25) is 0 Å². The third kappa shape index (κ3) is 3.46. The van der Waals surface area contributed by atoms with E-state index >= 15 is 0 Å². The van der Waals surface area contributed by atoms with E-state index in [-0.39, 0.29) is 11.4 Å². The Balaban J connectivity index is 2.10. The number of hydrogen-bond donors (Lipinski definition) is 0. The number of ether oxygens (including phenoxy) is 1. The van der Waals surface area contributed by atoms with Gasteiger partial charge >= 0.3 is 5.97 Å². The van der Waals surface area contributed by atoms with E-state index in [1.54, 1.807) is 0 Å². The third-order valence-corrected chi connectivity index (χ3v) is 4.80. The van der Waals surface area contributed by atoms with Crippen molar-refractivity contribution in [3.8, 4) is 0 Å². The first-order valence-electron chi connectivity index (χ1n) is 7.97. The molecule has 1 aromatic carbocycles. The van der Waals surface area contributed by atoms with Crippen LogP contribution < -0.4 is 0 Å². The van der Waals surface area contributed by atoms with Crippen molar-refractivity contribution in [2.75, 3.05) is 20.2 Å². The lowest BCUT2D eigenvalue weighted by molar-refractivity contribution is -0.154. The Morgan fingerprint density at radius 1 is 1.38 bits per heavy atom. The summed E-state index contributed by atoms with van der Waals surface area (Å²) >= 11 is 0. The van der Waals surface area contributed by atoms with Gasteiger partial charge in [0.1, 0.15) is 0 Å². The Morgan fingerprint density at radius 3 is 2.71 bits per heavy atom. The van der Waals surface area contributed by atoms with Gasteiger partial charge < -0.3 is 4.74 Å². The minimum Gasteiger partial charge on any atom is -0.469 e. The van der Waals surface area contributed by atoms with Gasteiger partial charge in [0.05, 0.1) is 12.5 Å². The molecule has 116 valence electrons. The fourth-order valence-corrected chi connectivity index (χ4v) is 3.53. The summed E-state index contributed by atoms with van der Waals surface area (Å²) in [6.45, 7) is 7.06. The van der Waals surface area contributed by atoms with E-state index in [1.165, 1.54) is 12.7 Å². The average molecular weight is 289 g/mol. The zero-order chi connectivity index (χ0) is 15.3. The summed E-state index contributed by atoms with van der Waals surface area (Å²) in [6, 6.07) is 10.5. The first-order valence-corrected chi connectivity index (χ1v) is 7.97. The van der Waals surface area contributed by atoms with Gasteiger partial charge in [-0.3, -0.25) is 9.69 Å². The molecule has 0 radical (unpaired) electrons. The summed E-state index contributed by atoms with van der Waals surface area (Å²) in [4.78, 5) is 14.8. The molecule has 1 aliphatic heterocycles. The molecule has 1 heterocycles. The van der Waals surface area contributed by atoms with E-state index in [0.717, 1.165) is 38.9 Å². The van der Waals surface area contributed by atoms with E-state index in [9.17, 15) is 4.79 Å². The molecule has 3 heteroatoms. The Bertz CT molecular complexity index is 460. The number of carbonyl (C=O) groups is 1. The molecule has 21 heavy (non-hydrogen) atoms. The maximum Gasteiger partial charge on any atom is 0.313 e. The molecule has 0 spiro atoms. The Labute approximate surface area is 128 Å². The van der Waals surface area contributed by atoms with Crippen LogP contribution in [-0.4, -0.2) is 31.1 Å². The van der Waals surface area contributed by atoms with E-state index < -0.39 is 0 Å². The second kappa shape index (κ2) is 7.08. The van der Waals surface area contributed by atoms with Crippen LogP contribution in [-0.2, 0) is 16.1 Å². The number of methoxy groups -OCH3 is 1. The van der Waals surface area contributed by atoms with Crippen molar-refractivity contribution in [1.82, 2.24) is 4.90 Å². The smallest absolute Gasteiger partial charge is 0.313 e. The molecule has 2 atom stereocenters. The number of hydrogen-bond acceptors (Lipinski definition) is 3. The van der Waals surface area contributed by atoms with Crippen molar-refractivity contribution in [2.45, 2.75) is 39.7 Å². The quantitative estimate of drug-likeness (QED) is 0.751. The molecule has 0 saturated carbocycles. The van der Waals surface area contributed by atoms with Crippen molar-refractivity contribution in [2.24, 2.45) is 11.3 Å². The summed E-state index contributed by atoms with van der Waals surface area (Å²) in [5, 5.41) is 0. The largest absolute Gasteiger partial charge is 0.469 e. The van der Waals surface area contributed by atoms with Gasteiger partial charge in [-0.25, -0.2) is 0 Å². The number of carbonyl (C=O) groups excluding carboxylic acids is 1. The molecule has 1 aromatic rings. The van der Waals surface area contributed by atoms with Crippen molar-refractivity contribution < 1.29 is 9.53 Å². The highest BCUT2D eigenvalue weighted by Crippen LogP contribution is 2.42. The number of likely N-dealkylation sites (tertiary alicyclic amines) is 1. The molecule has 1 unspecified atom stereocenters. The maximum absolute atomic E-state index is 12.4. The number of unbranched alkanes of at least 4 members (excludes halogenated alkanes) is 1. The summed E-state index contributed by atoms with van der Waals surface area (Å²) in [7, 11) is 1.52. The highest BCUT2D eigenvalue weighted by atomic mass is 16.5. The predicted molar refractivity (Wildman–Crippen MR) is 84.9 cm³/mol. The zero-order valence-corrected chi connectivity index (χ0v) is 13.5. The topological polar surface area (TPSA) is 29.5 Å². The van der Waals surface area contributed by atoms with Crippen molar-refractivity contribution >= 4 is 5.97 Å². The molecule has 0 N–H and O–H groups in total. The second-order valence-electron chi connectivity index (χ2n) is 6.31. The highest BCUT2D eigenvalue weighted by Gasteiger charge is 2.50. The van der Waals surface area contributed by atoms with Gasteiger partial charge in [-0.1, -0.05) is 57.0 Å². The monoisotopic (exact) mass is 289 g/mol. The average Bonchev–Trinajstić information content (AvgIpc) is 2.82. The minimum atomic E-state index is -0.320. The highest BCUT2D eigenvalue weighted by molar-refractivity contribution is 5.78. The van der Waals surface area contributed by atoms with Crippen LogP contribution in [0.1, 0.15) is 38.7 Å². The Kier molecular flexibility index (Phi) is 5.40. The maximum atomic E-state index is 12.4. The number of nitrogens with zero attached hydrogens (tertiary/aromatic N) is 1. The summed E-state index contributed by atoms with van der Waals surface area (Å²) < 4.78 is 5.14. The number of benzene rings is 1. The van der Waals surface area contributed by atoms with E-state index in [0.29, 0.717) is 5.92 Å². The van der Waals surface area contributed by atoms with Crippen LogP contribution in [0.25, 0.3) is 0 Å². The van der Waals surface area contributed by atoms with Crippen LogP contribution in [0.5, 0.6) is 0 Å². The molecule has 0 aliphatic carbocycles. The lowest BCUT2D eigenvalue weighted by Crippen LogP contribution is -2.39. The van der Waals surface area contributed by atoms with Crippen molar-refractivity contribution in [3.05, 3.63) is 35.9 Å². The van der Waals surface area contributed by atoms with Gasteiger partial charge in [-0.15, -0.1) is 0 Å². The molecular formula is C18H27NO2. The van der Waals surface area contributed by atoms with Crippen LogP contribution in [0.2, 0.25) is 0 Å². The molecule has 1 saturated heterocycles. The van der Waals surface area contributed by atoms with Gasteiger partial charge in [-0.2, -0.15) is 0 Å². The summed E-state index contributed by atoms with van der Waals surface area (Å²) in [5.74, 6) is 0.319. The summed E-state index contributed by atoms with van der Waals surface area (Å²) in [5.41, 5.74) is 0.986. The molecule has 0 bridgehead atoms. The van der Waals surface area contributed by atoms with E-state index in [1.807, 2.05) is 6.07 Å². The molecule has 2 rings (SSSR count). The normalized spacial score (nSPS) is 26.0. The van der Waals surface area contributed by atoms with E-state index in [4.69, 9.17) is 4.74 Å². The minimum absolute atomic E-state index is 0.0287. The van der Waals surface area contributed by atoms with Crippen LogP contribution in [0, 0.1) is 11.3 Å². The molecule has 3 nitrogen and oxygen atoms in total. The number of rotatable bonds is 6. The van der Waals surface area contributed by atoms with Gasteiger partial charge in [-0.05, 0) is 17.9 Å².